The van der Waals surface area contributed by atoms with Crippen LogP contribution in [0.4, 0.5) is 0 Å². The molecule has 0 aliphatic rings. The van der Waals surface area contributed by atoms with Crippen molar-refractivity contribution in [1.29, 1.82) is 5.26 Å². The molecule has 1 unspecified atom stereocenters. The quantitative estimate of drug-likeness (QED) is 0.485. The van der Waals surface area contributed by atoms with Crippen LogP contribution in [-0.2, 0) is 6.42 Å². The molecule has 2 aromatic heterocycles. The van der Waals surface area contributed by atoms with Gasteiger partial charge in [0.15, 0.2) is 5.58 Å². The van der Waals surface area contributed by atoms with Crippen LogP contribution in [0.25, 0.3) is 22.2 Å². The molecule has 0 bridgehead atoms. The molecule has 0 radical (unpaired) electrons. The molecule has 0 aliphatic heterocycles. The second kappa shape index (κ2) is 7.55. The van der Waals surface area contributed by atoms with Crippen LogP contribution >= 0.6 is 15.9 Å². The Balaban J connectivity index is 1.74. The van der Waals surface area contributed by atoms with E-state index in [1.807, 2.05) is 55.5 Å². The first-order chi connectivity index (χ1) is 13.6. The first-order valence-electron chi connectivity index (χ1n) is 8.83. The van der Waals surface area contributed by atoms with Crippen molar-refractivity contribution in [3.8, 4) is 17.3 Å². The zero-order chi connectivity index (χ0) is 19.7. The summed E-state index contributed by atoms with van der Waals surface area (Å²) >= 11 is 3.45. The molecule has 4 rings (SSSR count). The predicted molar refractivity (Wildman–Crippen MR) is 111 cm³/mol. The van der Waals surface area contributed by atoms with Gasteiger partial charge >= 0.3 is 0 Å². The molecule has 0 fully saturated rings. The van der Waals surface area contributed by atoms with Crippen LogP contribution in [0.2, 0.25) is 0 Å². The molecule has 28 heavy (non-hydrogen) atoms. The lowest BCUT2D eigenvalue weighted by molar-refractivity contribution is 0.459. The third-order valence-electron chi connectivity index (χ3n) is 4.78. The Morgan fingerprint density at radius 2 is 2.00 bits per heavy atom. The third kappa shape index (κ3) is 3.42. The van der Waals surface area contributed by atoms with Gasteiger partial charge in [-0.05, 0) is 42.3 Å². The summed E-state index contributed by atoms with van der Waals surface area (Å²) in [5, 5.41) is 14.4. The van der Waals surface area contributed by atoms with Crippen molar-refractivity contribution in [3.05, 3.63) is 81.6 Å². The fourth-order valence-electron chi connectivity index (χ4n) is 3.30. The molecule has 0 aliphatic carbocycles. The van der Waals surface area contributed by atoms with E-state index in [4.69, 9.17) is 15.5 Å². The highest BCUT2D eigenvalue weighted by atomic mass is 79.9. The van der Waals surface area contributed by atoms with E-state index < -0.39 is 0 Å². The number of nitriles is 1. The number of hydrogen-bond acceptors (Lipinski definition) is 5. The number of pyridine rings is 1. The summed E-state index contributed by atoms with van der Waals surface area (Å²) < 4.78 is 6.45. The van der Waals surface area contributed by atoms with Gasteiger partial charge in [-0.25, -0.2) is 4.98 Å². The monoisotopic (exact) mass is 432 g/mol. The normalized spacial score (nSPS) is 12.1. The number of aryl methyl sites for hydroxylation is 1. The lowest BCUT2D eigenvalue weighted by Crippen LogP contribution is -2.16. The van der Waals surface area contributed by atoms with Crippen molar-refractivity contribution < 1.29 is 4.52 Å². The van der Waals surface area contributed by atoms with Crippen molar-refractivity contribution in [2.45, 2.75) is 19.4 Å². The molecule has 2 aromatic carbocycles. The van der Waals surface area contributed by atoms with Crippen LogP contribution in [-0.4, -0.2) is 10.1 Å². The molecule has 0 saturated carbocycles. The number of nitrogens with zero attached hydrogens (tertiary/aromatic N) is 3. The van der Waals surface area contributed by atoms with Gasteiger partial charge in [0.1, 0.15) is 17.5 Å². The molecule has 2 N–H and O–H groups in total. The van der Waals surface area contributed by atoms with Crippen LogP contribution in [0, 0.1) is 18.3 Å². The van der Waals surface area contributed by atoms with E-state index in [1.165, 1.54) is 0 Å². The smallest absolute Gasteiger partial charge is 0.168 e. The molecule has 0 amide bonds. The first kappa shape index (κ1) is 18.4. The maximum atomic E-state index is 9.13. The van der Waals surface area contributed by atoms with E-state index in [9.17, 15) is 0 Å². The summed E-state index contributed by atoms with van der Waals surface area (Å²) in [6.07, 6.45) is 0.527. The average Bonchev–Trinajstić information content (AvgIpc) is 3.12. The Hall–Kier alpha value is -3.01. The van der Waals surface area contributed by atoms with E-state index in [1.54, 1.807) is 6.07 Å². The van der Waals surface area contributed by atoms with Gasteiger partial charge in [-0.15, -0.1) is 0 Å². The van der Waals surface area contributed by atoms with Gasteiger partial charge in [0.25, 0.3) is 0 Å². The predicted octanol–water partition coefficient (Wildman–Crippen LogP) is 5.07. The van der Waals surface area contributed by atoms with E-state index in [-0.39, 0.29) is 6.04 Å². The molecule has 6 heteroatoms. The minimum absolute atomic E-state index is 0.293. The van der Waals surface area contributed by atoms with Crippen LogP contribution < -0.4 is 5.73 Å². The van der Waals surface area contributed by atoms with Crippen LogP contribution in [0.5, 0.6) is 0 Å². The van der Waals surface area contributed by atoms with E-state index in [2.05, 4.69) is 32.1 Å². The van der Waals surface area contributed by atoms with Gasteiger partial charge in [-0.3, -0.25) is 0 Å². The van der Waals surface area contributed by atoms with Crippen LogP contribution in [0.1, 0.15) is 28.6 Å². The zero-order valence-corrected chi connectivity index (χ0v) is 16.8. The van der Waals surface area contributed by atoms with Gasteiger partial charge in [-0.2, -0.15) is 5.26 Å². The first-order valence-corrected chi connectivity index (χ1v) is 9.62. The van der Waals surface area contributed by atoms with Crippen molar-refractivity contribution in [2.24, 2.45) is 5.73 Å². The van der Waals surface area contributed by atoms with Crippen molar-refractivity contribution in [2.75, 3.05) is 0 Å². The van der Waals surface area contributed by atoms with Crippen molar-refractivity contribution >= 4 is 26.9 Å². The van der Waals surface area contributed by atoms with Crippen molar-refractivity contribution in [3.63, 3.8) is 0 Å². The summed E-state index contributed by atoms with van der Waals surface area (Å²) in [4.78, 5) is 4.43. The maximum absolute atomic E-state index is 9.13. The van der Waals surface area contributed by atoms with Gasteiger partial charge in [-0.1, -0.05) is 51.4 Å². The van der Waals surface area contributed by atoms with E-state index >= 15 is 0 Å². The van der Waals surface area contributed by atoms with Crippen LogP contribution in [0.15, 0.2) is 63.6 Å². The molecule has 1 atom stereocenters. The number of nitrogens with two attached hydrogens (primary N) is 1. The molecule has 0 spiro atoms. The van der Waals surface area contributed by atoms with Gasteiger partial charge in [0.05, 0.1) is 0 Å². The zero-order valence-electron chi connectivity index (χ0n) is 15.2. The van der Waals surface area contributed by atoms with E-state index in [0.29, 0.717) is 17.7 Å². The second-order valence-electron chi connectivity index (χ2n) is 6.64. The molecule has 0 saturated heterocycles. The highest BCUT2D eigenvalue weighted by Gasteiger charge is 2.19. The Labute approximate surface area is 170 Å². The molecule has 5 nitrogen and oxygen atoms in total. The van der Waals surface area contributed by atoms with Gasteiger partial charge < -0.3 is 10.3 Å². The minimum atomic E-state index is -0.293. The molecular formula is C22H17BrN4O. The number of benzene rings is 2. The second-order valence-corrected chi connectivity index (χ2v) is 7.56. The summed E-state index contributed by atoms with van der Waals surface area (Å²) in [5.74, 6) is 0. The number of aromatic nitrogens is 2. The lowest BCUT2D eigenvalue weighted by Gasteiger charge is -2.16. The number of fused-ring (bicyclic) bond motifs is 1. The summed E-state index contributed by atoms with van der Waals surface area (Å²) in [7, 11) is 0. The summed E-state index contributed by atoms with van der Waals surface area (Å²) in [5.41, 5.74) is 12.2. The Bertz CT molecular complexity index is 1210. The third-order valence-corrected chi connectivity index (χ3v) is 5.27. The molecule has 2 heterocycles. The summed E-state index contributed by atoms with van der Waals surface area (Å²) in [6.45, 7) is 1.98. The topological polar surface area (TPSA) is 88.7 Å². The van der Waals surface area contributed by atoms with Gasteiger partial charge in [0, 0.05) is 33.6 Å². The lowest BCUT2D eigenvalue weighted by atomic mass is 9.93. The summed E-state index contributed by atoms with van der Waals surface area (Å²) in [6, 6.07) is 19.2. The SMILES string of the molecule is Cc1ccc(C#N)nc1CC(N)c1ccccc1-c1noc2cc(Br)ccc12. The Morgan fingerprint density at radius 1 is 1.18 bits per heavy atom. The van der Waals surface area contributed by atoms with Gasteiger partial charge in [0.2, 0.25) is 0 Å². The molecule has 138 valence electrons. The van der Waals surface area contributed by atoms with Crippen LogP contribution in [0.3, 0.4) is 0 Å². The number of halogens is 1. The Morgan fingerprint density at radius 3 is 2.82 bits per heavy atom. The van der Waals surface area contributed by atoms with E-state index in [0.717, 1.165) is 37.9 Å². The highest BCUT2D eigenvalue weighted by Crippen LogP contribution is 2.34. The Kier molecular flexibility index (Phi) is 4.95. The fourth-order valence-corrected chi connectivity index (χ4v) is 3.64. The maximum Gasteiger partial charge on any atom is 0.168 e. The number of hydrogen-bond donors (Lipinski definition) is 1. The highest BCUT2D eigenvalue weighted by molar-refractivity contribution is 9.10. The van der Waals surface area contributed by atoms with Crippen molar-refractivity contribution in [1.82, 2.24) is 10.1 Å². The average molecular weight is 433 g/mol. The fraction of sp³-hybridized carbons (Fsp3) is 0.136. The largest absolute Gasteiger partial charge is 0.356 e. The molecular weight excluding hydrogens is 416 g/mol. The standard InChI is InChI=1S/C22H17BrN4O/c1-13-6-8-15(12-24)26-20(13)11-19(25)16-4-2-3-5-17(16)22-18-9-7-14(23)10-21(18)28-27-22/h2-10,19H,11,25H2,1H3. The number of rotatable bonds is 4. The molecule has 4 aromatic rings. The minimum Gasteiger partial charge on any atom is -0.356 e.